The highest BCUT2D eigenvalue weighted by atomic mass is 19.4. The van der Waals surface area contributed by atoms with Gasteiger partial charge in [0.2, 0.25) is 5.88 Å². The Morgan fingerprint density at radius 3 is 2.27 bits per heavy atom. The molecule has 1 aromatic carbocycles. The second-order valence-corrected chi connectivity index (χ2v) is 9.19. The number of benzene rings is 1. The van der Waals surface area contributed by atoms with E-state index in [4.69, 9.17) is 4.52 Å². The summed E-state index contributed by atoms with van der Waals surface area (Å²) in [5.41, 5.74) is 0.0574. The van der Waals surface area contributed by atoms with Gasteiger partial charge in [-0.1, -0.05) is 25.9 Å². The maximum Gasteiger partial charge on any atom is 0.416 e. The van der Waals surface area contributed by atoms with Crippen molar-refractivity contribution >= 4 is 23.5 Å². The Labute approximate surface area is 190 Å². The first-order valence-corrected chi connectivity index (χ1v) is 10.5. The van der Waals surface area contributed by atoms with Gasteiger partial charge in [-0.25, -0.2) is 4.79 Å². The highest BCUT2D eigenvalue weighted by molar-refractivity contribution is 5.96. The van der Waals surface area contributed by atoms with Crippen LogP contribution in [0.4, 0.5) is 29.5 Å². The molecular formula is C22H28F3N5O3. The van der Waals surface area contributed by atoms with Gasteiger partial charge in [0.1, 0.15) is 6.04 Å². The Hall–Kier alpha value is -3.24. The van der Waals surface area contributed by atoms with E-state index in [-0.39, 0.29) is 30.4 Å². The van der Waals surface area contributed by atoms with Crippen molar-refractivity contribution in [1.82, 2.24) is 15.0 Å². The van der Waals surface area contributed by atoms with Crippen LogP contribution in [0.1, 0.15) is 32.0 Å². The molecular weight excluding hydrogens is 439 g/mol. The van der Waals surface area contributed by atoms with Gasteiger partial charge in [0.15, 0.2) is 0 Å². The van der Waals surface area contributed by atoms with Crippen molar-refractivity contribution in [3.8, 4) is 0 Å². The van der Waals surface area contributed by atoms with E-state index in [1.807, 2.05) is 20.8 Å². The summed E-state index contributed by atoms with van der Waals surface area (Å²) in [7, 11) is 3.23. The van der Waals surface area contributed by atoms with E-state index < -0.39 is 23.7 Å². The van der Waals surface area contributed by atoms with Crippen LogP contribution in [-0.2, 0) is 16.4 Å². The fourth-order valence-corrected chi connectivity index (χ4v) is 3.51. The lowest BCUT2D eigenvalue weighted by molar-refractivity contribution is -0.137. The number of aromatic nitrogens is 1. The predicted octanol–water partition coefficient (Wildman–Crippen LogP) is 3.80. The Balaban J connectivity index is 1.86. The zero-order valence-corrected chi connectivity index (χ0v) is 19.2. The minimum atomic E-state index is -4.46. The zero-order chi connectivity index (χ0) is 24.6. The molecule has 2 aromatic rings. The number of carbonyl (C=O) groups excluding carboxylic acids is 2. The molecule has 0 radical (unpaired) electrons. The number of alkyl halides is 3. The normalized spacial score (nSPS) is 17.2. The average Bonchev–Trinajstić information content (AvgIpc) is 3.21. The minimum Gasteiger partial charge on any atom is -0.356 e. The summed E-state index contributed by atoms with van der Waals surface area (Å²) in [6.45, 7) is 6.51. The van der Waals surface area contributed by atoms with E-state index in [0.29, 0.717) is 17.9 Å². The van der Waals surface area contributed by atoms with E-state index in [1.54, 1.807) is 25.1 Å². The number of nitrogens with one attached hydrogen (secondary N) is 1. The lowest BCUT2D eigenvalue weighted by atomic mass is 9.92. The standard InChI is InChI=1S/C22H28F3N5O3/c1-21(2,3)17-12-18(33-27-17)26-19(31)16-13-29(20(32)28(4)5)10-11-30(16)15-8-6-14(7-9-15)22(23,24)25/h6-9,12,16H,10-11,13H2,1-5H3,(H,26,31). The second-order valence-electron chi connectivity index (χ2n) is 9.19. The van der Waals surface area contributed by atoms with Gasteiger partial charge in [-0.3, -0.25) is 10.1 Å². The molecule has 3 rings (SSSR count). The van der Waals surface area contributed by atoms with E-state index in [9.17, 15) is 22.8 Å². The molecule has 0 bridgehead atoms. The minimum absolute atomic E-state index is 0.0597. The number of hydrogen-bond acceptors (Lipinski definition) is 5. The van der Waals surface area contributed by atoms with Crippen LogP contribution >= 0.6 is 0 Å². The largest absolute Gasteiger partial charge is 0.416 e. The Morgan fingerprint density at radius 2 is 1.76 bits per heavy atom. The number of hydrogen-bond donors (Lipinski definition) is 1. The Kier molecular flexibility index (Phi) is 6.62. The lowest BCUT2D eigenvalue weighted by Crippen LogP contribution is -2.60. The molecule has 1 aliphatic heterocycles. The number of anilines is 2. The maximum atomic E-state index is 13.2. The number of halogens is 3. The highest BCUT2D eigenvalue weighted by Crippen LogP contribution is 2.32. The number of amides is 3. The van der Waals surface area contributed by atoms with Crippen LogP contribution in [0.15, 0.2) is 34.9 Å². The molecule has 1 saturated heterocycles. The zero-order valence-electron chi connectivity index (χ0n) is 19.2. The van der Waals surface area contributed by atoms with Crippen LogP contribution in [-0.4, -0.2) is 66.7 Å². The maximum absolute atomic E-state index is 13.2. The number of rotatable bonds is 3. The topological polar surface area (TPSA) is 81.9 Å². The quantitative estimate of drug-likeness (QED) is 0.743. The third kappa shape index (κ3) is 5.58. The summed E-state index contributed by atoms with van der Waals surface area (Å²) in [6.07, 6.45) is -4.46. The van der Waals surface area contributed by atoms with Crippen LogP contribution in [0.5, 0.6) is 0 Å². The van der Waals surface area contributed by atoms with Crippen LogP contribution in [0.3, 0.4) is 0 Å². The molecule has 11 heteroatoms. The first kappa shape index (κ1) is 24.4. The molecule has 1 fully saturated rings. The molecule has 1 unspecified atom stereocenters. The number of carbonyl (C=O) groups is 2. The van der Waals surface area contributed by atoms with E-state index in [1.165, 1.54) is 21.9 Å². The summed E-state index contributed by atoms with van der Waals surface area (Å²) >= 11 is 0. The molecule has 0 saturated carbocycles. The first-order valence-electron chi connectivity index (χ1n) is 10.5. The fraction of sp³-hybridized carbons (Fsp3) is 0.500. The Bertz CT molecular complexity index is 996. The van der Waals surface area contributed by atoms with Crippen molar-refractivity contribution in [2.24, 2.45) is 0 Å². The summed E-state index contributed by atoms with van der Waals surface area (Å²) < 4.78 is 44.1. The number of piperazine rings is 1. The molecule has 0 spiro atoms. The molecule has 1 aromatic heterocycles. The third-order valence-electron chi connectivity index (χ3n) is 5.39. The second kappa shape index (κ2) is 8.95. The molecule has 1 N–H and O–H groups in total. The van der Waals surface area contributed by atoms with E-state index in [0.717, 1.165) is 12.1 Å². The van der Waals surface area contributed by atoms with Crippen molar-refractivity contribution in [1.29, 1.82) is 0 Å². The van der Waals surface area contributed by atoms with Gasteiger partial charge in [-0.15, -0.1) is 0 Å². The van der Waals surface area contributed by atoms with Crippen molar-refractivity contribution < 1.29 is 27.3 Å². The number of nitrogens with zero attached hydrogens (tertiary/aromatic N) is 4. The van der Waals surface area contributed by atoms with Gasteiger partial charge in [0.25, 0.3) is 5.91 Å². The summed E-state index contributed by atoms with van der Waals surface area (Å²) in [5.74, 6) is -0.295. The van der Waals surface area contributed by atoms with E-state index in [2.05, 4.69) is 10.5 Å². The predicted molar refractivity (Wildman–Crippen MR) is 117 cm³/mol. The first-order chi connectivity index (χ1) is 15.3. The van der Waals surface area contributed by atoms with Crippen LogP contribution in [0, 0.1) is 0 Å². The third-order valence-corrected chi connectivity index (χ3v) is 5.39. The van der Waals surface area contributed by atoms with Gasteiger partial charge in [-0.2, -0.15) is 13.2 Å². The van der Waals surface area contributed by atoms with Crippen molar-refractivity contribution in [3.05, 3.63) is 41.6 Å². The fourth-order valence-electron chi connectivity index (χ4n) is 3.51. The number of urea groups is 1. The van der Waals surface area contributed by atoms with Crippen molar-refractivity contribution in [2.45, 2.75) is 38.4 Å². The molecule has 0 aliphatic carbocycles. The monoisotopic (exact) mass is 467 g/mol. The molecule has 33 heavy (non-hydrogen) atoms. The van der Waals surface area contributed by atoms with Gasteiger partial charge in [0, 0.05) is 44.4 Å². The summed E-state index contributed by atoms with van der Waals surface area (Å²) in [4.78, 5) is 30.3. The lowest BCUT2D eigenvalue weighted by Gasteiger charge is -2.42. The van der Waals surface area contributed by atoms with Crippen LogP contribution in [0.2, 0.25) is 0 Å². The smallest absolute Gasteiger partial charge is 0.356 e. The highest BCUT2D eigenvalue weighted by Gasteiger charge is 2.36. The summed E-state index contributed by atoms with van der Waals surface area (Å²) in [5, 5.41) is 6.67. The van der Waals surface area contributed by atoms with Crippen molar-refractivity contribution in [2.75, 3.05) is 43.9 Å². The molecule has 2 heterocycles. The van der Waals surface area contributed by atoms with Crippen LogP contribution < -0.4 is 10.2 Å². The van der Waals surface area contributed by atoms with Gasteiger partial charge < -0.3 is 19.2 Å². The Morgan fingerprint density at radius 1 is 1.12 bits per heavy atom. The molecule has 1 atom stereocenters. The molecule has 8 nitrogen and oxygen atoms in total. The van der Waals surface area contributed by atoms with Crippen LogP contribution in [0.25, 0.3) is 0 Å². The summed E-state index contributed by atoms with van der Waals surface area (Å²) in [6, 6.07) is 5.15. The molecule has 180 valence electrons. The van der Waals surface area contributed by atoms with Gasteiger partial charge in [0.05, 0.1) is 17.8 Å². The van der Waals surface area contributed by atoms with Crippen molar-refractivity contribution in [3.63, 3.8) is 0 Å². The SMILES string of the molecule is CN(C)C(=O)N1CCN(c2ccc(C(F)(F)F)cc2)C(C(=O)Nc2cc(C(C)(C)C)no2)C1. The molecule has 1 aliphatic rings. The average molecular weight is 467 g/mol. The van der Waals surface area contributed by atoms with E-state index >= 15 is 0 Å². The van der Waals surface area contributed by atoms with Gasteiger partial charge in [-0.05, 0) is 24.3 Å². The molecule has 3 amide bonds. The van der Waals surface area contributed by atoms with Gasteiger partial charge >= 0.3 is 12.2 Å².